The van der Waals surface area contributed by atoms with Gasteiger partial charge in [-0.15, -0.1) is 0 Å². The van der Waals surface area contributed by atoms with Gasteiger partial charge < -0.3 is 22.1 Å². The van der Waals surface area contributed by atoms with E-state index >= 15 is 0 Å². The minimum absolute atomic E-state index is 0.0909. The fourth-order valence-electron chi connectivity index (χ4n) is 1.93. The molecule has 6 heteroatoms. The summed E-state index contributed by atoms with van der Waals surface area (Å²) in [7, 11) is 0. The highest BCUT2D eigenvalue weighted by Gasteiger charge is 2.22. The van der Waals surface area contributed by atoms with Crippen molar-refractivity contribution in [1.82, 2.24) is 5.32 Å². The fourth-order valence-corrected chi connectivity index (χ4v) is 1.93. The van der Waals surface area contributed by atoms with Crippen LogP contribution in [0.25, 0.3) is 0 Å². The van der Waals surface area contributed by atoms with Gasteiger partial charge in [-0.2, -0.15) is 0 Å². The number of nitrogens with two attached hydrogens (primary N) is 2. The van der Waals surface area contributed by atoms with Crippen LogP contribution in [0, 0.1) is 0 Å². The largest absolute Gasteiger partial charge is 0.396 e. The van der Waals surface area contributed by atoms with E-state index in [1.54, 1.807) is 18.2 Å². The molecule has 1 aromatic rings. The molecule has 108 valence electrons. The molecule has 0 aromatic heterocycles. The lowest BCUT2D eigenvalue weighted by molar-refractivity contribution is -0.121. The third-order valence-corrected chi connectivity index (χ3v) is 3.21. The Balaban J connectivity index is 1.77. The summed E-state index contributed by atoms with van der Waals surface area (Å²) in [6, 6.07) is 5.50. The van der Waals surface area contributed by atoms with Gasteiger partial charge in [-0.3, -0.25) is 9.59 Å². The first-order chi connectivity index (χ1) is 9.58. The summed E-state index contributed by atoms with van der Waals surface area (Å²) in [5.41, 5.74) is 12.4. The van der Waals surface area contributed by atoms with Crippen LogP contribution < -0.4 is 22.1 Å². The first-order valence-electron chi connectivity index (χ1n) is 6.79. The van der Waals surface area contributed by atoms with Crippen LogP contribution in [-0.4, -0.2) is 24.4 Å². The average molecular weight is 276 g/mol. The number of nitrogen functional groups attached to an aromatic ring is 1. The predicted molar refractivity (Wildman–Crippen MR) is 78.3 cm³/mol. The van der Waals surface area contributed by atoms with Crippen molar-refractivity contribution in [3.8, 4) is 0 Å². The van der Waals surface area contributed by atoms with Crippen molar-refractivity contribution in [3.05, 3.63) is 23.8 Å². The Morgan fingerprint density at radius 2 is 2.05 bits per heavy atom. The van der Waals surface area contributed by atoms with Crippen LogP contribution in [0.1, 0.15) is 36.0 Å². The second-order valence-electron chi connectivity index (χ2n) is 5.00. The van der Waals surface area contributed by atoms with E-state index in [0.29, 0.717) is 42.4 Å². The molecule has 0 radical (unpaired) electrons. The van der Waals surface area contributed by atoms with Crippen LogP contribution in [0.2, 0.25) is 0 Å². The third kappa shape index (κ3) is 3.88. The molecule has 2 amide bonds. The Morgan fingerprint density at radius 3 is 2.70 bits per heavy atom. The predicted octanol–water partition coefficient (Wildman–Crippen LogP) is 0.838. The molecule has 0 heterocycles. The molecule has 0 saturated heterocycles. The van der Waals surface area contributed by atoms with Gasteiger partial charge in [0.25, 0.3) is 5.91 Å². The van der Waals surface area contributed by atoms with Gasteiger partial charge in [0.1, 0.15) is 0 Å². The summed E-state index contributed by atoms with van der Waals surface area (Å²) in [6.45, 7) is 0.616. The standard InChI is InChI=1S/C14H20N4O2/c15-13-10(14(16)20)3-1-4-11(13)17-8-2-5-12(19)18-9-6-7-9/h1,3-4,9,17H,2,5-8,15H2,(H2,16,20)(H,18,19). The molecule has 0 atom stereocenters. The highest BCUT2D eigenvalue weighted by atomic mass is 16.2. The molecule has 0 spiro atoms. The van der Waals surface area contributed by atoms with Crippen LogP contribution in [-0.2, 0) is 4.79 Å². The van der Waals surface area contributed by atoms with Gasteiger partial charge in [0, 0.05) is 19.0 Å². The maximum Gasteiger partial charge on any atom is 0.250 e. The van der Waals surface area contributed by atoms with Gasteiger partial charge in [0.15, 0.2) is 0 Å². The molecule has 1 aliphatic rings. The van der Waals surface area contributed by atoms with Crippen molar-refractivity contribution < 1.29 is 9.59 Å². The second kappa shape index (κ2) is 6.27. The summed E-state index contributed by atoms with van der Waals surface area (Å²) >= 11 is 0. The first kappa shape index (κ1) is 14.2. The molecule has 20 heavy (non-hydrogen) atoms. The molecule has 1 aliphatic carbocycles. The number of para-hydroxylation sites is 1. The van der Waals surface area contributed by atoms with Gasteiger partial charge in [0.2, 0.25) is 5.91 Å². The molecule has 1 saturated carbocycles. The van der Waals surface area contributed by atoms with Crippen molar-refractivity contribution in [2.75, 3.05) is 17.6 Å². The Morgan fingerprint density at radius 1 is 1.30 bits per heavy atom. The molecule has 1 fully saturated rings. The molecule has 0 aliphatic heterocycles. The summed E-state index contributed by atoms with van der Waals surface area (Å²) in [5, 5.41) is 6.06. The summed E-state index contributed by atoms with van der Waals surface area (Å²) in [4.78, 5) is 22.7. The number of primary amides is 1. The third-order valence-electron chi connectivity index (χ3n) is 3.21. The first-order valence-corrected chi connectivity index (χ1v) is 6.79. The van der Waals surface area contributed by atoms with Crippen molar-refractivity contribution in [1.29, 1.82) is 0 Å². The van der Waals surface area contributed by atoms with Gasteiger partial charge in [-0.05, 0) is 31.4 Å². The number of rotatable bonds is 7. The Labute approximate surface area is 117 Å². The number of benzene rings is 1. The maximum absolute atomic E-state index is 11.5. The van der Waals surface area contributed by atoms with E-state index in [1.165, 1.54) is 0 Å². The SMILES string of the molecule is NC(=O)c1cccc(NCCCC(=O)NC2CC2)c1N. The zero-order valence-electron chi connectivity index (χ0n) is 11.3. The van der Waals surface area contributed by atoms with Crippen LogP contribution in [0.3, 0.4) is 0 Å². The lowest BCUT2D eigenvalue weighted by atomic mass is 10.1. The Bertz CT molecular complexity index is 512. The molecule has 0 unspecified atom stereocenters. The van der Waals surface area contributed by atoms with E-state index in [1.807, 2.05) is 0 Å². The Hall–Kier alpha value is -2.24. The second-order valence-corrected chi connectivity index (χ2v) is 5.00. The van der Waals surface area contributed by atoms with Gasteiger partial charge in [-0.25, -0.2) is 0 Å². The van der Waals surface area contributed by atoms with E-state index in [4.69, 9.17) is 11.5 Å². The summed E-state index contributed by atoms with van der Waals surface area (Å²) < 4.78 is 0. The number of nitrogens with one attached hydrogen (secondary N) is 2. The molecule has 6 N–H and O–H groups in total. The maximum atomic E-state index is 11.5. The van der Waals surface area contributed by atoms with Gasteiger partial charge in [0.05, 0.1) is 16.9 Å². The van der Waals surface area contributed by atoms with Crippen molar-refractivity contribution in [2.45, 2.75) is 31.7 Å². The van der Waals surface area contributed by atoms with Crippen LogP contribution in [0.15, 0.2) is 18.2 Å². The van der Waals surface area contributed by atoms with E-state index in [0.717, 1.165) is 12.8 Å². The molecule has 1 aromatic carbocycles. The minimum Gasteiger partial charge on any atom is -0.396 e. The Kier molecular flexibility index (Phi) is 4.45. The highest BCUT2D eigenvalue weighted by Crippen LogP contribution is 2.22. The smallest absolute Gasteiger partial charge is 0.250 e. The molecular formula is C14H20N4O2. The van der Waals surface area contributed by atoms with Gasteiger partial charge >= 0.3 is 0 Å². The number of carbonyl (C=O) groups is 2. The van der Waals surface area contributed by atoms with E-state index in [-0.39, 0.29) is 5.91 Å². The average Bonchev–Trinajstić information content (AvgIpc) is 3.19. The zero-order chi connectivity index (χ0) is 14.5. The summed E-state index contributed by atoms with van der Waals surface area (Å²) in [5.74, 6) is -0.455. The number of carbonyl (C=O) groups excluding carboxylic acids is 2. The van der Waals surface area contributed by atoms with E-state index < -0.39 is 5.91 Å². The lowest BCUT2D eigenvalue weighted by Crippen LogP contribution is -2.25. The lowest BCUT2D eigenvalue weighted by Gasteiger charge is -2.11. The topological polar surface area (TPSA) is 110 Å². The summed E-state index contributed by atoms with van der Waals surface area (Å²) in [6.07, 6.45) is 3.39. The van der Waals surface area contributed by atoms with E-state index in [2.05, 4.69) is 10.6 Å². The van der Waals surface area contributed by atoms with Crippen molar-refractivity contribution >= 4 is 23.2 Å². The quantitative estimate of drug-likeness (QED) is 0.437. The van der Waals surface area contributed by atoms with Crippen molar-refractivity contribution in [2.24, 2.45) is 5.73 Å². The van der Waals surface area contributed by atoms with Crippen LogP contribution >= 0.6 is 0 Å². The van der Waals surface area contributed by atoms with Crippen LogP contribution in [0.4, 0.5) is 11.4 Å². The number of hydrogen-bond donors (Lipinski definition) is 4. The number of amides is 2. The van der Waals surface area contributed by atoms with E-state index in [9.17, 15) is 9.59 Å². The van der Waals surface area contributed by atoms with Gasteiger partial charge in [-0.1, -0.05) is 6.07 Å². The fraction of sp³-hybridized carbons (Fsp3) is 0.429. The molecule has 0 bridgehead atoms. The molecular weight excluding hydrogens is 256 g/mol. The highest BCUT2D eigenvalue weighted by molar-refractivity contribution is 6.00. The zero-order valence-corrected chi connectivity index (χ0v) is 11.3. The van der Waals surface area contributed by atoms with Crippen LogP contribution in [0.5, 0.6) is 0 Å². The molecule has 2 rings (SSSR count). The number of hydrogen-bond acceptors (Lipinski definition) is 4. The normalized spacial score (nSPS) is 13.8. The van der Waals surface area contributed by atoms with Crippen molar-refractivity contribution in [3.63, 3.8) is 0 Å². The monoisotopic (exact) mass is 276 g/mol. The number of anilines is 2. The molecule has 6 nitrogen and oxygen atoms in total. The minimum atomic E-state index is -0.546.